The molecule has 2 aliphatic rings. The molecule has 0 N–H and O–H groups in total. The van der Waals surface area contributed by atoms with E-state index in [2.05, 4.69) is 5.10 Å². The molecule has 33 heavy (non-hydrogen) atoms. The Balaban J connectivity index is 1.49. The molecule has 2 aromatic carbocycles. The number of fused-ring (bicyclic) bond motifs is 1. The minimum atomic E-state index is -0.498. The van der Waals surface area contributed by atoms with Crippen LogP contribution in [0.25, 0.3) is 11.1 Å². The van der Waals surface area contributed by atoms with Gasteiger partial charge in [0, 0.05) is 25.2 Å². The quantitative estimate of drug-likeness (QED) is 0.583. The molecule has 1 aromatic heterocycles. The van der Waals surface area contributed by atoms with E-state index in [1.54, 1.807) is 48.1 Å². The summed E-state index contributed by atoms with van der Waals surface area (Å²) in [5.74, 6) is 1.03. The summed E-state index contributed by atoms with van der Waals surface area (Å²) in [6, 6.07) is 12.9. The molecule has 0 bridgehead atoms. The van der Waals surface area contributed by atoms with Crippen molar-refractivity contribution in [2.45, 2.75) is 38.8 Å². The van der Waals surface area contributed by atoms with E-state index in [9.17, 15) is 9.59 Å². The number of methoxy groups -OCH3 is 1. The SMILES string of the molecule is COc1ccc(OC(=O)N2C[C@H](C)N(C(C)=O)c3ccc(-c4cnn(C5CC5)c4)cc32)cc1. The fourth-order valence-electron chi connectivity index (χ4n) is 4.28. The maximum absolute atomic E-state index is 13.2. The Morgan fingerprint density at radius 3 is 2.39 bits per heavy atom. The highest BCUT2D eigenvalue weighted by atomic mass is 16.6. The van der Waals surface area contributed by atoms with Gasteiger partial charge in [0.2, 0.25) is 5.91 Å². The maximum Gasteiger partial charge on any atom is 0.419 e. The minimum Gasteiger partial charge on any atom is -0.497 e. The number of rotatable bonds is 4. The van der Waals surface area contributed by atoms with Crippen LogP contribution in [-0.2, 0) is 4.79 Å². The molecule has 3 aromatic rings. The van der Waals surface area contributed by atoms with Gasteiger partial charge >= 0.3 is 6.09 Å². The Kier molecular flexibility index (Phi) is 5.28. The monoisotopic (exact) mass is 446 g/mol. The molecule has 1 saturated carbocycles. The molecule has 1 fully saturated rings. The summed E-state index contributed by atoms with van der Waals surface area (Å²) in [5.41, 5.74) is 3.23. The lowest BCUT2D eigenvalue weighted by molar-refractivity contribution is -0.117. The predicted molar refractivity (Wildman–Crippen MR) is 125 cm³/mol. The van der Waals surface area contributed by atoms with E-state index in [-0.39, 0.29) is 11.9 Å². The van der Waals surface area contributed by atoms with Crippen LogP contribution in [0.4, 0.5) is 16.2 Å². The summed E-state index contributed by atoms with van der Waals surface area (Å²) in [4.78, 5) is 28.9. The molecule has 0 radical (unpaired) electrons. The van der Waals surface area contributed by atoms with Gasteiger partial charge < -0.3 is 14.4 Å². The Bertz CT molecular complexity index is 1200. The van der Waals surface area contributed by atoms with Gasteiger partial charge in [-0.05, 0) is 61.7 Å². The predicted octanol–water partition coefficient (Wildman–Crippen LogP) is 4.65. The smallest absolute Gasteiger partial charge is 0.419 e. The fourth-order valence-corrected chi connectivity index (χ4v) is 4.28. The van der Waals surface area contributed by atoms with Crippen molar-refractivity contribution in [2.24, 2.45) is 0 Å². The molecule has 1 aliphatic heterocycles. The Hall–Kier alpha value is -3.81. The molecule has 0 saturated heterocycles. The number of hydrogen-bond acceptors (Lipinski definition) is 5. The Morgan fingerprint density at radius 2 is 1.73 bits per heavy atom. The van der Waals surface area contributed by atoms with Crippen molar-refractivity contribution < 1.29 is 19.1 Å². The molecule has 1 atom stereocenters. The van der Waals surface area contributed by atoms with Crippen molar-refractivity contribution in [1.29, 1.82) is 0 Å². The lowest BCUT2D eigenvalue weighted by atomic mass is 10.0. The van der Waals surface area contributed by atoms with Crippen molar-refractivity contribution in [2.75, 3.05) is 23.5 Å². The molecular formula is C25H26N4O4. The summed E-state index contributed by atoms with van der Waals surface area (Å²) in [7, 11) is 1.58. The van der Waals surface area contributed by atoms with Crippen LogP contribution in [0.1, 0.15) is 32.7 Å². The van der Waals surface area contributed by atoms with Gasteiger partial charge in [-0.3, -0.25) is 14.4 Å². The topological polar surface area (TPSA) is 76.9 Å². The van der Waals surface area contributed by atoms with E-state index in [0.717, 1.165) is 24.0 Å². The number of carbonyl (C=O) groups is 2. The number of nitrogens with zero attached hydrogens (tertiary/aromatic N) is 4. The van der Waals surface area contributed by atoms with Gasteiger partial charge in [0.25, 0.3) is 0 Å². The largest absolute Gasteiger partial charge is 0.497 e. The molecule has 8 heteroatoms. The maximum atomic E-state index is 13.2. The fraction of sp³-hybridized carbons (Fsp3) is 0.320. The number of benzene rings is 2. The molecule has 1 aliphatic carbocycles. The standard InChI is InChI=1S/C25H26N4O4/c1-16-14-27(25(31)33-22-9-7-21(32-3)8-10-22)24-12-18(4-11-23(24)29(16)17(2)30)19-13-26-28(15-19)20-5-6-20/h4,7-13,15-16,20H,5-6,14H2,1-3H3/t16-/m0/s1. The van der Waals surface area contributed by atoms with Gasteiger partial charge in [-0.2, -0.15) is 5.10 Å². The Labute approximate surface area is 192 Å². The zero-order chi connectivity index (χ0) is 23.1. The normalized spacial score (nSPS) is 17.5. The average molecular weight is 447 g/mol. The van der Waals surface area contributed by atoms with Gasteiger partial charge in [0.1, 0.15) is 11.5 Å². The lowest BCUT2D eigenvalue weighted by Crippen LogP contribution is -2.52. The van der Waals surface area contributed by atoms with Gasteiger partial charge in [-0.15, -0.1) is 0 Å². The first kappa shape index (κ1) is 21.1. The van der Waals surface area contributed by atoms with Crippen molar-refractivity contribution >= 4 is 23.4 Å². The van der Waals surface area contributed by atoms with E-state index in [1.165, 1.54) is 0 Å². The van der Waals surface area contributed by atoms with Gasteiger partial charge in [0.15, 0.2) is 0 Å². The van der Waals surface area contributed by atoms with Crippen LogP contribution < -0.4 is 19.3 Å². The molecule has 2 amide bonds. The third kappa shape index (κ3) is 4.04. The number of hydrogen-bond donors (Lipinski definition) is 0. The van der Waals surface area contributed by atoms with Crippen LogP contribution in [0, 0.1) is 0 Å². The third-order valence-electron chi connectivity index (χ3n) is 6.09. The average Bonchev–Trinajstić information content (AvgIpc) is 3.54. The van der Waals surface area contributed by atoms with Gasteiger partial charge in [-0.25, -0.2) is 4.79 Å². The van der Waals surface area contributed by atoms with Crippen LogP contribution in [-0.4, -0.2) is 41.5 Å². The van der Waals surface area contributed by atoms with Crippen LogP contribution in [0.2, 0.25) is 0 Å². The lowest BCUT2D eigenvalue weighted by Gasteiger charge is -2.40. The van der Waals surface area contributed by atoms with E-state index in [1.807, 2.05) is 42.2 Å². The van der Waals surface area contributed by atoms with Crippen molar-refractivity contribution in [3.63, 3.8) is 0 Å². The van der Waals surface area contributed by atoms with Crippen LogP contribution in [0.5, 0.6) is 11.5 Å². The summed E-state index contributed by atoms with van der Waals surface area (Å²) in [6.45, 7) is 3.79. The molecule has 0 unspecified atom stereocenters. The first-order chi connectivity index (χ1) is 15.9. The number of amides is 2. The second-order valence-electron chi connectivity index (χ2n) is 8.54. The van der Waals surface area contributed by atoms with Crippen LogP contribution >= 0.6 is 0 Å². The van der Waals surface area contributed by atoms with Gasteiger partial charge in [-0.1, -0.05) is 6.07 Å². The molecular weight excluding hydrogens is 420 g/mol. The number of carbonyl (C=O) groups excluding carboxylic acids is 2. The van der Waals surface area contributed by atoms with Crippen molar-refractivity contribution in [3.8, 4) is 22.6 Å². The van der Waals surface area contributed by atoms with Crippen LogP contribution in [0.3, 0.4) is 0 Å². The number of anilines is 2. The molecule has 170 valence electrons. The first-order valence-electron chi connectivity index (χ1n) is 11.1. The third-order valence-corrected chi connectivity index (χ3v) is 6.09. The first-order valence-corrected chi connectivity index (χ1v) is 11.1. The number of aromatic nitrogens is 2. The second kappa shape index (κ2) is 8.27. The molecule has 2 heterocycles. The summed E-state index contributed by atoms with van der Waals surface area (Å²) in [5, 5.41) is 4.48. The number of ether oxygens (including phenoxy) is 2. The molecule has 8 nitrogen and oxygen atoms in total. The second-order valence-corrected chi connectivity index (χ2v) is 8.54. The van der Waals surface area contributed by atoms with E-state index >= 15 is 0 Å². The zero-order valence-electron chi connectivity index (χ0n) is 18.9. The van der Waals surface area contributed by atoms with E-state index in [0.29, 0.717) is 35.5 Å². The summed E-state index contributed by atoms with van der Waals surface area (Å²) >= 11 is 0. The van der Waals surface area contributed by atoms with E-state index < -0.39 is 6.09 Å². The molecule has 0 spiro atoms. The Morgan fingerprint density at radius 1 is 1.00 bits per heavy atom. The highest BCUT2D eigenvalue weighted by Gasteiger charge is 2.35. The van der Waals surface area contributed by atoms with E-state index in [4.69, 9.17) is 9.47 Å². The summed E-state index contributed by atoms with van der Waals surface area (Å²) in [6.07, 6.45) is 5.69. The van der Waals surface area contributed by atoms with Crippen molar-refractivity contribution in [1.82, 2.24) is 9.78 Å². The highest BCUT2D eigenvalue weighted by Crippen LogP contribution is 2.40. The minimum absolute atomic E-state index is 0.0683. The summed E-state index contributed by atoms with van der Waals surface area (Å²) < 4.78 is 12.8. The van der Waals surface area contributed by atoms with Gasteiger partial charge in [0.05, 0.1) is 36.8 Å². The van der Waals surface area contributed by atoms with Crippen LogP contribution in [0.15, 0.2) is 54.9 Å². The zero-order valence-corrected chi connectivity index (χ0v) is 18.9. The van der Waals surface area contributed by atoms with Crippen molar-refractivity contribution in [3.05, 3.63) is 54.9 Å². The highest BCUT2D eigenvalue weighted by molar-refractivity contribution is 6.03. The molecule has 5 rings (SSSR count).